The van der Waals surface area contributed by atoms with Crippen molar-refractivity contribution in [2.75, 3.05) is 7.05 Å². The molecule has 1 unspecified atom stereocenters. The highest BCUT2D eigenvalue weighted by molar-refractivity contribution is 5.93. The number of nitrogens with zero attached hydrogens (tertiary/aromatic N) is 2. The molecule has 0 bridgehead atoms. The van der Waals surface area contributed by atoms with Gasteiger partial charge in [-0.1, -0.05) is 31.4 Å². The quantitative estimate of drug-likeness (QED) is 0.436. The van der Waals surface area contributed by atoms with Crippen LogP contribution in [0, 0.1) is 17.2 Å². The Hall–Kier alpha value is -2.60. The summed E-state index contributed by atoms with van der Waals surface area (Å²) in [5.74, 6) is 0.248. The van der Waals surface area contributed by atoms with E-state index in [4.69, 9.17) is 0 Å². The van der Waals surface area contributed by atoms with Gasteiger partial charge < -0.3 is 15.8 Å². The van der Waals surface area contributed by atoms with Crippen LogP contribution in [0.2, 0.25) is 0 Å². The van der Waals surface area contributed by atoms with E-state index in [0.717, 1.165) is 31.4 Å². The number of hydrazine groups is 2. The lowest BCUT2D eigenvalue weighted by Crippen LogP contribution is -2.47. The lowest BCUT2D eigenvalue weighted by atomic mass is 9.82. The molecule has 2 saturated carbocycles. The highest BCUT2D eigenvalue weighted by Crippen LogP contribution is 2.41. The van der Waals surface area contributed by atoms with Crippen molar-refractivity contribution in [3.05, 3.63) is 47.3 Å². The van der Waals surface area contributed by atoms with Crippen molar-refractivity contribution >= 4 is 5.91 Å². The number of hydrogen-bond donors (Lipinski definition) is 5. The van der Waals surface area contributed by atoms with Gasteiger partial charge in [-0.15, -0.1) is 5.53 Å². The van der Waals surface area contributed by atoms with Gasteiger partial charge >= 0.3 is 0 Å². The molecular weight excluding hydrogens is 380 g/mol. The fraction of sp³-hybridized carbons (Fsp3) is 0.545. The number of aliphatic hydroxyl groups excluding tert-OH is 1. The van der Waals surface area contributed by atoms with E-state index in [0.29, 0.717) is 17.0 Å². The molecule has 5 N–H and O–H groups in total. The second-order valence-corrected chi connectivity index (χ2v) is 8.48. The van der Waals surface area contributed by atoms with E-state index in [9.17, 15) is 15.2 Å². The predicted octanol–water partition coefficient (Wildman–Crippen LogP) is 1.80. The highest BCUT2D eigenvalue weighted by atomic mass is 16.3. The van der Waals surface area contributed by atoms with Gasteiger partial charge in [-0.3, -0.25) is 15.1 Å². The van der Waals surface area contributed by atoms with Crippen molar-refractivity contribution < 1.29 is 9.90 Å². The first-order chi connectivity index (χ1) is 14.6. The van der Waals surface area contributed by atoms with Gasteiger partial charge in [0, 0.05) is 18.8 Å². The molecule has 1 aromatic carbocycles. The summed E-state index contributed by atoms with van der Waals surface area (Å²) in [5.41, 5.74) is 8.11. The number of benzene rings is 1. The van der Waals surface area contributed by atoms with Crippen LogP contribution in [0.5, 0.6) is 0 Å². The van der Waals surface area contributed by atoms with Gasteiger partial charge in [0.2, 0.25) is 0 Å². The van der Waals surface area contributed by atoms with Crippen molar-refractivity contribution in [3.8, 4) is 6.07 Å². The minimum Gasteiger partial charge on any atom is -0.374 e. The summed E-state index contributed by atoms with van der Waals surface area (Å²) in [6.07, 6.45) is 8.64. The smallest absolute Gasteiger partial charge is 0.251 e. The zero-order valence-electron chi connectivity index (χ0n) is 17.3. The van der Waals surface area contributed by atoms with Crippen LogP contribution in [0.15, 0.2) is 36.2 Å². The number of nitrogens with one attached hydrogen (secondary N) is 4. The number of nitriles is 1. The van der Waals surface area contributed by atoms with Gasteiger partial charge in [-0.25, -0.2) is 0 Å². The molecule has 4 rings (SSSR count). The summed E-state index contributed by atoms with van der Waals surface area (Å²) >= 11 is 0. The molecule has 0 radical (unpaired) electrons. The van der Waals surface area contributed by atoms with Crippen LogP contribution in [0.25, 0.3) is 0 Å². The molecule has 8 heteroatoms. The second-order valence-electron chi connectivity index (χ2n) is 8.48. The van der Waals surface area contributed by atoms with Crippen molar-refractivity contribution in [3.63, 3.8) is 0 Å². The molecule has 2 atom stereocenters. The summed E-state index contributed by atoms with van der Waals surface area (Å²) in [6, 6.07) is 9.31. The largest absolute Gasteiger partial charge is 0.374 e. The lowest BCUT2D eigenvalue weighted by Gasteiger charge is -2.33. The number of amides is 1. The van der Waals surface area contributed by atoms with Crippen LogP contribution in [0.3, 0.4) is 0 Å². The molecule has 30 heavy (non-hydrogen) atoms. The zero-order valence-corrected chi connectivity index (χ0v) is 17.3. The number of aliphatic hydroxyl groups is 1. The molecule has 2 aliphatic carbocycles. The maximum absolute atomic E-state index is 11.8. The summed E-state index contributed by atoms with van der Waals surface area (Å²) in [7, 11) is 1.60. The Bertz CT molecular complexity index is 836. The van der Waals surface area contributed by atoms with Crippen molar-refractivity contribution in [2.45, 2.75) is 62.8 Å². The summed E-state index contributed by atoms with van der Waals surface area (Å²) < 4.78 is 0. The Labute approximate surface area is 177 Å². The van der Waals surface area contributed by atoms with Crippen LogP contribution >= 0.6 is 0 Å². The summed E-state index contributed by atoms with van der Waals surface area (Å²) in [5, 5.41) is 28.3. The van der Waals surface area contributed by atoms with E-state index in [2.05, 4.69) is 27.7 Å². The van der Waals surface area contributed by atoms with Crippen LogP contribution in [-0.2, 0) is 0 Å². The van der Waals surface area contributed by atoms with E-state index in [1.807, 2.05) is 11.2 Å². The molecule has 1 amide bonds. The number of hydrogen-bond acceptors (Lipinski definition) is 7. The molecule has 0 aromatic heterocycles. The van der Waals surface area contributed by atoms with E-state index >= 15 is 0 Å². The monoisotopic (exact) mass is 410 g/mol. The van der Waals surface area contributed by atoms with Crippen molar-refractivity contribution in [1.82, 2.24) is 26.6 Å². The second kappa shape index (κ2) is 8.64. The van der Waals surface area contributed by atoms with Gasteiger partial charge in [-0.2, -0.15) is 5.26 Å². The Morgan fingerprint density at radius 2 is 1.97 bits per heavy atom. The number of rotatable bonds is 7. The Balaban J connectivity index is 1.51. The average Bonchev–Trinajstić information content (AvgIpc) is 3.45. The minimum atomic E-state index is -0.863. The first kappa shape index (κ1) is 20.7. The highest BCUT2D eigenvalue weighted by Gasteiger charge is 2.50. The summed E-state index contributed by atoms with van der Waals surface area (Å²) in [4.78, 5) is 11.8. The Kier molecular flexibility index (Phi) is 5.95. The van der Waals surface area contributed by atoms with Crippen molar-refractivity contribution in [1.29, 1.82) is 5.26 Å². The van der Waals surface area contributed by atoms with Gasteiger partial charge in [-0.05, 0) is 49.3 Å². The fourth-order valence-electron chi connectivity index (χ4n) is 4.42. The molecule has 8 nitrogen and oxygen atoms in total. The third-order valence-corrected chi connectivity index (χ3v) is 6.49. The van der Waals surface area contributed by atoms with Crippen LogP contribution in [0.1, 0.15) is 67.1 Å². The number of carbonyl (C=O) groups is 1. The van der Waals surface area contributed by atoms with E-state index in [-0.39, 0.29) is 11.9 Å². The first-order valence-electron chi connectivity index (χ1n) is 10.8. The van der Waals surface area contributed by atoms with Gasteiger partial charge in [0.25, 0.3) is 5.91 Å². The molecular formula is C22H30N6O2. The van der Waals surface area contributed by atoms with Gasteiger partial charge in [0.1, 0.15) is 11.8 Å². The molecule has 1 heterocycles. The average molecular weight is 411 g/mol. The first-order valence-corrected chi connectivity index (χ1v) is 10.8. The predicted molar refractivity (Wildman–Crippen MR) is 112 cm³/mol. The van der Waals surface area contributed by atoms with Crippen molar-refractivity contribution in [2.24, 2.45) is 5.92 Å². The lowest BCUT2D eigenvalue weighted by molar-refractivity contribution is 0.0961. The molecule has 1 aliphatic heterocycles. The third kappa shape index (κ3) is 4.15. The minimum absolute atomic E-state index is 0.0640. The summed E-state index contributed by atoms with van der Waals surface area (Å²) in [6.45, 7) is 0. The van der Waals surface area contributed by atoms with Gasteiger partial charge in [0.05, 0.1) is 17.8 Å². The standard InChI is InChI=1S/C22H30N6O2/c1-24-20(29)16-7-9-17(10-8-16)21(30)25-19(15-5-3-2-4-6-15)18-13-28(27-26-18)22(14-23)11-12-22/h7-10,13,15,19,21,25-27,30H,2-6,11-12H2,1H3,(H,24,29)/t19-,21?/m0/s1. The van der Waals surface area contributed by atoms with Crippen LogP contribution < -0.4 is 21.6 Å². The van der Waals surface area contributed by atoms with Gasteiger partial charge in [0.15, 0.2) is 0 Å². The maximum atomic E-state index is 11.8. The Morgan fingerprint density at radius 3 is 2.57 bits per heavy atom. The van der Waals surface area contributed by atoms with Crippen LogP contribution in [-0.4, -0.2) is 34.7 Å². The Morgan fingerprint density at radius 1 is 1.27 bits per heavy atom. The molecule has 3 aliphatic rings. The molecule has 0 saturated heterocycles. The van der Waals surface area contributed by atoms with E-state index in [1.54, 1.807) is 31.3 Å². The van der Waals surface area contributed by atoms with E-state index in [1.165, 1.54) is 19.3 Å². The topological polar surface area (TPSA) is 112 Å². The molecule has 1 aromatic rings. The fourth-order valence-corrected chi connectivity index (χ4v) is 4.42. The maximum Gasteiger partial charge on any atom is 0.251 e. The molecule has 0 spiro atoms. The third-order valence-electron chi connectivity index (χ3n) is 6.49. The zero-order chi connectivity index (χ0) is 21.1. The molecule has 160 valence electrons. The van der Waals surface area contributed by atoms with E-state index < -0.39 is 11.8 Å². The molecule has 2 fully saturated rings. The normalized spacial score (nSPS) is 22.4. The SMILES string of the molecule is CNC(=O)c1ccc(C(O)N[C@H](C2=CN(C3(C#N)CC3)NN2)C2CCCCC2)cc1. The van der Waals surface area contributed by atoms with Crippen LogP contribution in [0.4, 0.5) is 0 Å². The number of carbonyl (C=O) groups excluding carboxylic acids is 1.